The Bertz CT molecular complexity index is 1160. The topological polar surface area (TPSA) is 80.6 Å². The summed E-state index contributed by atoms with van der Waals surface area (Å²) in [5, 5.41) is 0. The van der Waals surface area contributed by atoms with Gasteiger partial charge in [0.05, 0.1) is 11.0 Å². The van der Waals surface area contributed by atoms with Gasteiger partial charge in [-0.1, -0.05) is 36.4 Å². The number of aromatic amines is 1. The van der Waals surface area contributed by atoms with Gasteiger partial charge in [0.2, 0.25) is 0 Å². The first-order valence-corrected chi connectivity index (χ1v) is 8.57. The summed E-state index contributed by atoms with van der Waals surface area (Å²) >= 11 is 0. The highest BCUT2D eigenvalue weighted by Crippen LogP contribution is 2.22. The zero-order chi connectivity index (χ0) is 18.1. The molecule has 4 rings (SSSR count). The number of benzene rings is 2. The van der Waals surface area contributed by atoms with Crippen molar-refractivity contribution in [2.24, 2.45) is 0 Å². The minimum absolute atomic E-state index is 0.197. The van der Waals surface area contributed by atoms with Crippen molar-refractivity contribution < 1.29 is 0 Å². The molecule has 2 aromatic rings. The van der Waals surface area contributed by atoms with E-state index >= 15 is 0 Å². The van der Waals surface area contributed by atoms with Crippen LogP contribution in [0.3, 0.4) is 0 Å². The molecule has 130 valence electrons. The van der Waals surface area contributed by atoms with Crippen molar-refractivity contribution in [2.75, 3.05) is 0 Å². The molecular formula is C20H18N4O2. The van der Waals surface area contributed by atoms with E-state index in [1.165, 1.54) is 5.56 Å². The SMILES string of the molecule is Cc1ccc2c(c1)nc1c(=O)[nH]c(=O)nc-1n2CCCc1ccccc1. The lowest BCUT2D eigenvalue weighted by atomic mass is 10.1. The summed E-state index contributed by atoms with van der Waals surface area (Å²) in [6.07, 6.45) is 1.76. The third-order valence-corrected chi connectivity index (χ3v) is 4.45. The molecule has 0 spiro atoms. The summed E-state index contributed by atoms with van der Waals surface area (Å²) < 4.78 is 1.93. The standard InChI is InChI=1S/C20H18N4O2/c1-13-9-10-16-15(12-13)21-17-18(22-20(26)23-19(17)25)24(16)11-5-8-14-6-3-2-4-7-14/h2-4,6-7,9-10,12H,5,8,11H2,1H3,(H,23,25,26). The number of nitrogens with one attached hydrogen (secondary N) is 1. The lowest BCUT2D eigenvalue weighted by Gasteiger charge is -2.17. The Hall–Kier alpha value is -3.28. The quantitative estimate of drug-likeness (QED) is 0.576. The number of hydrogen-bond acceptors (Lipinski definition) is 4. The Morgan fingerprint density at radius 3 is 2.65 bits per heavy atom. The summed E-state index contributed by atoms with van der Waals surface area (Å²) in [4.78, 5) is 34.6. The summed E-state index contributed by atoms with van der Waals surface area (Å²) in [5.41, 5.74) is 2.96. The number of aryl methyl sites for hydroxylation is 3. The Morgan fingerprint density at radius 1 is 1.04 bits per heavy atom. The van der Waals surface area contributed by atoms with Crippen LogP contribution in [0.15, 0.2) is 58.1 Å². The average molecular weight is 346 g/mol. The highest BCUT2D eigenvalue weighted by Gasteiger charge is 2.18. The molecule has 2 aliphatic rings. The largest absolute Gasteiger partial charge is 0.349 e. The van der Waals surface area contributed by atoms with E-state index in [0.29, 0.717) is 12.4 Å². The molecule has 6 nitrogen and oxygen atoms in total. The summed E-state index contributed by atoms with van der Waals surface area (Å²) in [5.74, 6) is 0.336. The van der Waals surface area contributed by atoms with Crippen LogP contribution in [-0.4, -0.2) is 19.5 Å². The molecule has 0 atom stereocenters. The monoisotopic (exact) mass is 346 g/mol. The molecule has 0 aliphatic carbocycles. The molecule has 2 heterocycles. The van der Waals surface area contributed by atoms with Crippen LogP contribution in [0.1, 0.15) is 17.5 Å². The maximum Gasteiger partial charge on any atom is 0.349 e. The van der Waals surface area contributed by atoms with Crippen LogP contribution in [0.4, 0.5) is 0 Å². The predicted molar refractivity (Wildman–Crippen MR) is 101 cm³/mol. The summed E-state index contributed by atoms with van der Waals surface area (Å²) in [6, 6.07) is 16.1. The van der Waals surface area contributed by atoms with Gasteiger partial charge in [-0.05, 0) is 43.0 Å². The molecule has 1 N–H and O–H groups in total. The van der Waals surface area contributed by atoms with E-state index in [0.717, 1.165) is 29.4 Å². The van der Waals surface area contributed by atoms with Crippen molar-refractivity contribution in [2.45, 2.75) is 26.3 Å². The number of H-pyrrole nitrogens is 1. The van der Waals surface area contributed by atoms with Gasteiger partial charge in [0.25, 0.3) is 5.56 Å². The maximum atomic E-state index is 12.2. The fourth-order valence-corrected chi connectivity index (χ4v) is 3.22. The fourth-order valence-electron chi connectivity index (χ4n) is 3.22. The van der Waals surface area contributed by atoms with Crippen molar-refractivity contribution in [3.05, 3.63) is 80.5 Å². The van der Waals surface area contributed by atoms with Crippen molar-refractivity contribution in [1.29, 1.82) is 0 Å². The van der Waals surface area contributed by atoms with Gasteiger partial charge in [0.1, 0.15) is 0 Å². The molecule has 0 saturated heterocycles. The van der Waals surface area contributed by atoms with Crippen molar-refractivity contribution in [3.8, 4) is 11.5 Å². The third kappa shape index (κ3) is 3.01. The summed E-state index contributed by atoms with van der Waals surface area (Å²) in [7, 11) is 0. The Kier molecular flexibility index (Phi) is 4.08. The fraction of sp³-hybridized carbons (Fsp3) is 0.200. The van der Waals surface area contributed by atoms with Crippen LogP contribution in [0.2, 0.25) is 0 Å². The van der Waals surface area contributed by atoms with Crippen LogP contribution in [-0.2, 0) is 13.0 Å². The van der Waals surface area contributed by atoms with Crippen LogP contribution in [0.25, 0.3) is 22.6 Å². The van der Waals surface area contributed by atoms with Gasteiger partial charge >= 0.3 is 5.69 Å². The first-order chi connectivity index (χ1) is 12.6. The highest BCUT2D eigenvalue weighted by molar-refractivity contribution is 5.79. The van der Waals surface area contributed by atoms with E-state index in [2.05, 4.69) is 27.1 Å². The predicted octanol–water partition coefficient (Wildman–Crippen LogP) is 2.53. The van der Waals surface area contributed by atoms with Crippen molar-refractivity contribution in [3.63, 3.8) is 0 Å². The van der Waals surface area contributed by atoms with Crippen LogP contribution < -0.4 is 11.2 Å². The van der Waals surface area contributed by atoms with Crippen molar-refractivity contribution >= 4 is 11.0 Å². The molecule has 2 aromatic carbocycles. The Labute approximate surface area is 149 Å². The molecule has 0 bridgehead atoms. The molecule has 0 amide bonds. The first-order valence-electron chi connectivity index (χ1n) is 8.57. The van der Waals surface area contributed by atoms with E-state index in [-0.39, 0.29) is 5.69 Å². The number of rotatable bonds is 4. The van der Waals surface area contributed by atoms with Gasteiger partial charge in [-0.2, -0.15) is 4.98 Å². The van der Waals surface area contributed by atoms with Gasteiger partial charge in [-0.25, -0.2) is 9.78 Å². The average Bonchev–Trinajstić information content (AvgIpc) is 2.62. The van der Waals surface area contributed by atoms with E-state index < -0.39 is 11.2 Å². The molecule has 0 aromatic heterocycles. The van der Waals surface area contributed by atoms with E-state index in [1.54, 1.807) is 0 Å². The minimum atomic E-state index is -0.646. The lowest BCUT2D eigenvalue weighted by molar-refractivity contribution is 0.649. The van der Waals surface area contributed by atoms with Gasteiger partial charge in [-0.15, -0.1) is 0 Å². The number of nitrogens with zero attached hydrogens (tertiary/aromatic N) is 3. The second kappa shape index (κ2) is 6.55. The smallest absolute Gasteiger partial charge is 0.322 e. The lowest BCUT2D eigenvalue weighted by Crippen LogP contribution is -2.29. The van der Waals surface area contributed by atoms with Gasteiger partial charge in [0.15, 0.2) is 11.5 Å². The Balaban J connectivity index is 1.81. The highest BCUT2D eigenvalue weighted by atomic mass is 16.2. The molecule has 0 unspecified atom stereocenters. The number of fused-ring (bicyclic) bond motifs is 2. The molecule has 0 saturated carbocycles. The first kappa shape index (κ1) is 16.2. The Morgan fingerprint density at radius 2 is 1.85 bits per heavy atom. The van der Waals surface area contributed by atoms with Crippen LogP contribution in [0.5, 0.6) is 0 Å². The maximum absolute atomic E-state index is 12.2. The second-order valence-electron chi connectivity index (χ2n) is 6.39. The van der Waals surface area contributed by atoms with Gasteiger partial charge < -0.3 is 4.57 Å². The molecule has 26 heavy (non-hydrogen) atoms. The number of aromatic nitrogens is 4. The molecule has 0 radical (unpaired) electrons. The van der Waals surface area contributed by atoms with Gasteiger partial charge in [0, 0.05) is 6.54 Å². The third-order valence-electron chi connectivity index (χ3n) is 4.45. The summed E-state index contributed by atoms with van der Waals surface area (Å²) in [6.45, 7) is 2.62. The second-order valence-corrected chi connectivity index (χ2v) is 6.39. The van der Waals surface area contributed by atoms with E-state index in [9.17, 15) is 9.59 Å². The zero-order valence-corrected chi connectivity index (χ0v) is 14.4. The molecule has 6 heteroatoms. The molecule has 0 fully saturated rings. The normalized spacial score (nSPS) is 11.3. The van der Waals surface area contributed by atoms with Crippen LogP contribution >= 0.6 is 0 Å². The molecule has 2 aliphatic heterocycles. The van der Waals surface area contributed by atoms with Crippen molar-refractivity contribution in [1.82, 2.24) is 19.5 Å². The molecular weight excluding hydrogens is 328 g/mol. The van der Waals surface area contributed by atoms with Crippen LogP contribution in [0, 0.1) is 6.92 Å². The minimum Gasteiger partial charge on any atom is -0.322 e. The van der Waals surface area contributed by atoms with E-state index in [4.69, 9.17) is 0 Å². The number of hydrogen-bond donors (Lipinski definition) is 1. The van der Waals surface area contributed by atoms with E-state index in [1.807, 2.05) is 47.9 Å². The van der Waals surface area contributed by atoms with Gasteiger partial charge in [-0.3, -0.25) is 9.78 Å². The zero-order valence-electron chi connectivity index (χ0n) is 14.4.